The molecule has 0 aliphatic heterocycles. The van der Waals surface area contributed by atoms with E-state index in [0.717, 1.165) is 44.9 Å². The molecule has 1 atom stereocenters. The quantitative estimate of drug-likeness (QED) is 0.356. The fourth-order valence-electron chi connectivity index (χ4n) is 3.63. The van der Waals surface area contributed by atoms with Crippen molar-refractivity contribution in [1.82, 2.24) is 0 Å². The number of unbranched alkanes of at least 4 members (excludes halogenated alkanes) is 10. The number of carbonyl (C=O) groups is 2. The van der Waals surface area contributed by atoms with E-state index in [1.807, 2.05) is 0 Å². The van der Waals surface area contributed by atoms with Crippen LogP contribution in [0, 0.1) is 11.8 Å². The maximum atomic E-state index is 11.3. The minimum atomic E-state index is -0.683. The summed E-state index contributed by atoms with van der Waals surface area (Å²) < 4.78 is 0. The lowest BCUT2D eigenvalue weighted by atomic mass is 9.74. The van der Waals surface area contributed by atoms with E-state index < -0.39 is 11.9 Å². The fraction of sp³-hybridized carbons (Fsp3) is 0.900. The van der Waals surface area contributed by atoms with Crippen LogP contribution in [0.3, 0.4) is 0 Å². The van der Waals surface area contributed by atoms with Crippen molar-refractivity contribution in [2.75, 3.05) is 0 Å². The zero-order valence-corrected chi connectivity index (χ0v) is 15.2. The van der Waals surface area contributed by atoms with Crippen LogP contribution in [-0.2, 0) is 9.59 Å². The molecule has 1 aliphatic carbocycles. The third-order valence-corrected chi connectivity index (χ3v) is 5.44. The van der Waals surface area contributed by atoms with Gasteiger partial charge in [0.2, 0.25) is 0 Å². The van der Waals surface area contributed by atoms with Gasteiger partial charge in [0.1, 0.15) is 0 Å². The van der Waals surface area contributed by atoms with E-state index in [-0.39, 0.29) is 5.92 Å². The van der Waals surface area contributed by atoms with Gasteiger partial charge < -0.3 is 10.2 Å². The highest BCUT2D eigenvalue weighted by atomic mass is 16.4. The Labute approximate surface area is 147 Å². The van der Waals surface area contributed by atoms with Crippen molar-refractivity contribution in [2.45, 2.75) is 103 Å². The first kappa shape index (κ1) is 21.0. The second-order valence-corrected chi connectivity index (χ2v) is 7.46. The first-order valence-electron chi connectivity index (χ1n) is 10.1. The van der Waals surface area contributed by atoms with Crippen LogP contribution in [0.5, 0.6) is 0 Å². The molecule has 4 nitrogen and oxygen atoms in total. The molecule has 0 aromatic rings. The minimum absolute atomic E-state index is 0.0834. The third-order valence-electron chi connectivity index (χ3n) is 5.44. The summed E-state index contributed by atoms with van der Waals surface area (Å²) in [4.78, 5) is 21.6. The molecule has 0 spiro atoms. The Morgan fingerprint density at radius 2 is 1.21 bits per heavy atom. The zero-order chi connectivity index (χ0) is 17.6. The van der Waals surface area contributed by atoms with Gasteiger partial charge in [-0.2, -0.15) is 0 Å². The van der Waals surface area contributed by atoms with E-state index >= 15 is 0 Å². The van der Waals surface area contributed by atoms with Crippen molar-refractivity contribution in [3.05, 3.63) is 0 Å². The Bertz CT molecular complexity index is 350. The summed E-state index contributed by atoms with van der Waals surface area (Å²) in [5, 5.41) is 17.8. The van der Waals surface area contributed by atoms with Gasteiger partial charge in [0, 0.05) is 6.42 Å². The summed E-state index contributed by atoms with van der Waals surface area (Å²) in [6, 6.07) is 0. The Morgan fingerprint density at radius 1 is 0.750 bits per heavy atom. The molecule has 0 aromatic carbocycles. The topological polar surface area (TPSA) is 74.6 Å². The number of hydrogen-bond donors (Lipinski definition) is 2. The molecule has 0 heterocycles. The average Bonchev–Trinajstić information content (AvgIpc) is 2.48. The van der Waals surface area contributed by atoms with Crippen LogP contribution < -0.4 is 0 Å². The Kier molecular flexibility index (Phi) is 11.6. The van der Waals surface area contributed by atoms with Crippen molar-refractivity contribution in [3.63, 3.8) is 0 Å². The van der Waals surface area contributed by atoms with Gasteiger partial charge >= 0.3 is 11.9 Å². The van der Waals surface area contributed by atoms with Gasteiger partial charge in [-0.05, 0) is 31.6 Å². The first-order chi connectivity index (χ1) is 11.6. The molecule has 1 saturated carbocycles. The van der Waals surface area contributed by atoms with E-state index in [1.54, 1.807) is 0 Å². The molecule has 1 rings (SSSR count). The van der Waals surface area contributed by atoms with Gasteiger partial charge in [-0.1, -0.05) is 70.6 Å². The Morgan fingerprint density at radius 3 is 1.58 bits per heavy atom. The zero-order valence-electron chi connectivity index (χ0n) is 15.2. The lowest BCUT2D eigenvalue weighted by Crippen LogP contribution is -2.28. The SMILES string of the molecule is O=C(O)CCCCCCCCCCCCCC(C(=O)O)C1CCC1. The van der Waals surface area contributed by atoms with E-state index in [4.69, 9.17) is 5.11 Å². The van der Waals surface area contributed by atoms with Crippen LogP contribution in [0.4, 0.5) is 0 Å². The van der Waals surface area contributed by atoms with Gasteiger partial charge in [0.05, 0.1) is 5.92 Å². The maximum Gasteiger partial charge on any atom is 0.306 e. The molecule has 4 heteroatoms. The maximum absolute atomic E-state index is 11.3. The summed E-state index contributed by atoms with van der Waals surface area (Å²) in [6.07, 6.45) is 17.4. The van der Waals surface area contributed by atoms with Crippen LogP contribution in [0.25, 0.3) is 0 Å². The minimum Gasteiger partial charge on any atom is -0.481 e. The molecule has 1 unspecified atom stereocenters. The van der Waals surface area contributed by atoms with E-state index in [0.29, 0.717) is 12.3 Å². The molecule has 0 saturated heterocycles. The monoisotopic (exact) mass is 340 g/mol. The highest BCUT2D eigenvalue weighted by molar-refractivity contribution is 5.70. The lowest BCUT2D eigenvalue weighted by Gasteiger charge is -2.31. The van der Waals surface area contributed by atoms with Crippen LogP contribution in [0.1, 0.15) is 103 Å². The molecule has 24 heavy (non-hydrogen) atoms. The summed E-state index contributed by atoms with van der Waals surface area (Å²) in [7, 11) is 0. The standard InChI is InChI=1S/C20H36O4/c21-19(22)16-11-9-7-5-3-1-2-4-6-8-10-15-18(20(23)24)17-13-12-14-17/h17-18H,1-16H2,(H,21,22)(H,23,24). The number of carboxylic acids is 2. The second kappa shape index (κ2) is 13.3. The number of rotatable bonds is 16. The number of hydrogen-bond acceptors (Lipinski definition) is 2. The summed E-state index contributed by atoms with van der Waals surface area (Å²) in [5.41, 5.74) is 0. The fourth-order valence-corrected chi connectivity index (χ4v) is 3.63. The van der Waals surface area contributed by atoms with E-state index in [2.05, 4.69) is 0 Å². The van der Waals surface area contributed by atoms with Gasteiger partial charge in [0.15, 0.2) is 0 Å². The molecule has 1 aliphatic rings. The van der Waals surface area contributed by atoms with Crippen molar-refractivity contribution < 1.29 is 19.8 Å². The predicted molar refractivity (Wildman–Crippen MR) is 96.1 cm³/mol. The van der Waals surface area contributed by atoms with Crippen molar-refractivity contribution >= 4 is 11.9 Å². The molecular formula is C20H36O4. The summed E-state index contributed by atoms with van der Waals surface area (Å²) in [6.45, 7) is 0. The van der Waals surface area contributed by atoms with Gasteiger partial charge in [0.25, 0.3) is 0 Å². The van der Waals surface area contributed by atoms with Crippen LogP contribution in [0.15, 0.2) is 0 Å². The third kappa shape index (κ3) is 9.94. The first-order valence-corrected chi connectivity index (χ1v) is 10.1. The van der Waals surface area contributed by atoms with Crippen LogP contribution in [0.2, 0.25) is 0 Å². The summed E-state index contributed by atoms with van der Waals surface area (Å²) in [5.74, 6) is -0.890. The molecule has 0 radical (unpaired) electrons. The largest absolute Gasteiger partial charge is 0.481 e. The smallest absolute Gasteiger partial charge is 0.306 e. The molecule has 140 valence electrons. The van der Waals surface area contributed by atoms with E-state index in [1.165, 1.54) is 51.4 Å². The van der Waals surface area contributed by atoms with Gasteiger partial charge in [-0.3, -0.25) is 9.59 Å². The summed E-state index contributed by atoms with van der Waals surface area (Å²) >= 11 is 0. The van der Waals surface area contributed by atoms with Gasteiger partial charge in [-0.25, -0.2) is 0 Å². The second-order valence-electron chi connectivity index (χ2n) is 7.46. The van der Waals surface area contributed by atoms with Crippen molar-refractivity contribution in [3.8, 4) is 0 Å². The lowest BCUT2D eigenvalue weighted by molar-refractivity contribution is -0.145. The predicted octanol–water partition coefficient (Wildman–Crippen LogP) is 5.64. The highest BCUT2D eigenvalue weighted by Gasteiger charge is 2.31. The van der Waals surface area contributed by atoms with Crippen molar-refractivity contribution in [1.29, 1.82) is 0 Å². The molecule has 2 N–H and O–H groups in total. The molecular weight excluding hydrogens is 304 g/mol. The number of aliphatic carboxylic acids is 2. The van der Waals surface area contributed by atoms with Crippen LogP contribution in [-0.4, -0.2) is 22.2 Å². The Balaban J connectivity index is 1.81. The van der Waals surface area contributed by atoms with E-state index in [9.17, 15) is 14.7 Å². The van der Waals surface area contributed by atoms with Gasteiger partial charge in [-0.15, -0.1) is 0 Å². The number of carboxylic acid groups (broad SMARTS) is 2. The van der Waals surface area contributed by atoms with Crippen LogP contribution >= 0.6 is 0 Å². The molecule has 0 aromatic heterocycles. The molecule has 1 fully saturated rings. The Hall–Kier alpha value is -1.06. The highest BCUT2D eigenvalue weighted by Crippen LogP contribution is 2.36. The van der Waals surface area contributed by atoms with Crippen molar-refractivity contribution in [2.24, 2.45) is 11.8 Å². The normalized spacial score (nSPS) is 15.8. The molecule has 0 amide bonds. The molecule has 0 bridgehead atoms. The average molecular weight is 341 g/mol.